The Bertz CT molecular complexity index is 1430. The minimum Gasteiger partial charge on any atom is -0.384 e. The van der Waals surface area contributed by atoms with Crippen molar-refractivity contribution in [3.8, 4) is 11.3 Å². The smallest absolute Gasteiger partial charge is 0.333 e. The van der Waals surface area contributed by atoms with E-state index >= 15 is 0 Å². The summed E-state index contributed by atoms with van der Waals surface area (Å²) in [6.45, 7) is 5.40. The third kappa shape index (κ3) is 4.59. The molecule has 176 valence electrons. The van der Waals surface area contributed by atoms with Gasteiger partial charge in [-0.15, -0.1) is 22.7 Å². The summed E-state index contributed by atoms with van der Waals surface area (Å²) in [5.74, 6) is -0.401. The van der Waals surface area contributed by atoms with Crippen LogP contribution in [0.1, 0.15) is 34.0 Å². The highest BCUT2D eigenvalue weighted by Gasteiger charge is 2.23. The summed E-state index contributed by atoms with van der Waals surface area (Å²) in [6.07, 6.45) is 0. The van der Waals surface area contributed by atoms with E-state index in [-0.39, 0.29) is 17.9 Å². The number of amides is 1. The Morgan fingerprint density at radius 1 is 1.12 bits per heavy atom. The predicted octanol–water partition coefficient (Wildman–Crippen LogP) is 3.32. The van der Waals surface area contributed by atoms with Gasteiger partial charge in [-0.3, -0.25) is 18.7 Å². The van der Waals surface area contributed by atoms with Crippen LogP contribution in [0.4, 0.5) is 5.82 Å². The van der Waals surface area contributed by atoms with E-state index in [0.717, 1.165) is 25.6 Å². The molecule has 34 heavy (non-hydrogen) atoms. The van der Waals surface area contributed by atoms with Crippen molar-refractivity contribution in [2.24, 2.45) is 0 Å². The summed E-state index contributed by atoms with van der Waals surface area (Å²) in [6, 6.07) is 11.3. The molecule has 1 atom stereocenters. The lowest BCUT2D eigenvalue weighted by Gasteiger charge is -2.19. The topological polar surface area (TPSA) is 112 Å². The first-order chi connectivity index (χ1) is 16.3. The van der Waals surface area contributed by atoms with E-state index in [9.17, 15) is 14.4 Å². The van der Waals surface area contributed by atoms with E-state index < -0.39 is 29.7 Å². The Hall–Kier alpha value is -3.50. The van der Waals surface area contributed by atoms with Crippen LogP contribution in [0.2, 0.25) is 0 Å². The number of thiazole rings is 1. The number of nitrogens with two attached hydrogens (primary N) is 1. The van der Waals surface area contributed by atoms with Crippen LogP contribution in [0, 0.1) is 13.8 Å². The number of carbonyl (C=O) groups is 1. The van der Waals surface area contributed by atoms with Gasteiger partial charge >= 0.3 is 5.69 Å². The van der Waals surface area contributed by atoms with Crippen molar-refractivity contribution in [3.63, 3.8) is 0 Å². The Kier molecular flexibility index (Phi) is 6.80. The van der Waals surface area contributed by atoms with Crippen LogP contribution < -0.4 is 22.3 Å². The fourth-order valence-corrected chi connectivity index (χ4v) is 5.17. The molecule has 0 saturated carbocycles. The lowest BCUT2D eigenvalue weighted by molar-refractivity contribution is -0.122. The van der Waals surface area contributed by atoms with Crippen molar-refractivity contribution in [2.75, 3.05) is 5.73 Å². The Morgan fingerprint density at radius 2 is 1.85 bits per heavy atom. The molecule has 8 nitrogen and oxygen atoms in total. The second-order valence-corrected chi connectivity index (χ2v) is 9.90. The number of nitrogen functional groups attached to an aromatic ring is 1. The summed E-state index contributed by atoms with van der Waals surface area (Å²) in [5, 5.41) is 7.42. The second-order valence-electron chi connectivity index (χ2n) is 7.86. The molecule has 1 aromatic carbocycles. The van der Waals surface area contributed by atoms with Crippen molar-refractivity contribution < 1.29 is 4.79 Å². The predicted molar refractivity (Wildman–Crippen MR) is 136 cm³/mol. The summed E-state index contributed by atoms with van der Waals surface area (Å²) < 4.78 is 2.22. The van der Waals surface area contributed by atoms with Gasteiger partial charge < -0.3 is 11.1 Å². The second kappa shape index (κ2) is 9.78. The Labute approximate surface area is 204 Å². The first-order valence-electron chi connectivity index (χ1n) is 10.7. The SMILES string of the molecule is CCn1c(N)c(-c2csc(C)n2)c(=O)n(CC(=O)N[C@H](c2ccc(C)cc2)c2cccs2)c1=O. The number of anilines is 1. The molecule has 0 saturated heterocycles. The molecular formula is C24H25N5O3S2. The number of hydrogen-bond donors (Lipinski definition) is 2. The van der Waals surface area contributed by atoms with E-state index in [1.165, 1.54) is 27.2 Å². The monoisotopic (exact) mass is 495 g/mol. The highest BCUT2D eigenvalue weighted by atomic mass is 32.1. The molecule has 4 rings (SSSR count). The molecule has 0 fully saturated rings. The summed E-state index contributed by atoms with van der Waals surface area (Å²) in [7, 11) is 0. The quantitative estimate of drug-likeness (QED) is 0.409. The van der Waals surface area contributed by atoms with Gasteiger partial charge in [0.1, 0.15) is 17.9 Å². The van der Waals surface area contributed by atoms with Crippen molar-refractivity contribution in [1.82, 2.24) is 19.4 Å². The van der Waals surface area contributed by atoms with Crippen LogP contribution in [0.3, 0.4) is 0 Å². The number of aryl methyl sites for hydroxylation is 2. The van der Waals surface area contributed by atoms with Crippen LogP contribution >= 0.6 is 22.7 Å². The summed E-state index contributed by atoms with van der Waals surface area (Å²) >= 11 is 2.90. The van der Waals surface area contributed by atoms with Gasteiger partial charge in [0.2, 0.25) is 5.91 Å². The number of nitrogens with one attached hydrogen (secondary N) is 1. The third-order valence-electron chi connectivity index (χ3n) is 5.50. The normalized spacial score (nSPS) is 12.0. The molecule has 3 N–H and O–H groups in total. The number of thiophene rings is 1. The third-order valence-corrected chi connectivity index (χ3v) is 7.22. The maximum atomic E-state index is 13.3. The Balaban J connectivity index is 1.71. The van der Waals surface area contributed by atoms with Crippen LogP contribution in [-0.4, -0.2) is 20.0 Å². The van der Waals surface area contributed by atoms with Gasteiger partial charge in [0.15, 0.2) is 0 Å². The van der Waals surface area contributed by atoms with Gasteiger partial charge in [0, 0.05) is 16.8 Å². The zero-order valence-corrected chi connectivity index (χ0v) is 20.7. The van der Waals surface area contributed by atoms with E-state index in [1.54, 1.807) is 12.3 Å². The Morgan fingerprint density at radius 3 is 2.44 bits per heavy atom. The molecule has 1 amide bonds. The lowest BCUT2D eigenvalue weighted by Crippen LogP contribution is -2.45. The van der Waals surface area contributed by atoms with Crippen LogP contribution in [0.25, 0.3) is 11.3 Å². The molecule has 10 heteroatoms. The zero-order valence-electron chi connectivity index (χ0n) is 19.1. The van der Waals surface area contributed by atoms with Crippen molar-refractivity contribution in [2.45, 2.75) is 39.9 Å². The van der Waals surface area contributed by atoms with Crippen molar-refractivity contribution >= 4 is 34.4 Å². The average Bonchev–Trinajstić information content (AvgIpc) is 3.48. The standard InChI is InChI=1S/C24H25N5O3S2/c1-4-28-22(25)20(17-13-34-15(3)26-17)23(31)29(24(28)32)12-19(30)27-21(18-6-5-11-33-18)16-9-7-14(2)8-10-16/h5-11,13,21H,4,12,25H2,1-3H3,(H,27,30)/t21-/m1/s1. The number of rotatable bonds is 7. The molecule has 0 aliphatic heterocycles. The highest BCUT2D eigenvalue weighted by molar-refractivity contribution is 7.10. The summed E-state index contributed by atoms with van der Waals surface area (Å²) in [5.41, 5.74) is 7.48. The number of aromatic nitrogens is 3. The number of hydrogen-bond acceptors (Lipinski definition) is 7. The van der Waals surface area contributed by atoms with E-state index in [2.05, 4.69) is 10.3 Å². The molecule has 0 aliphatic rings. The van der Waals surface area contributed by atoms with Crippen LogP contribution in [0.5, 0.6) is 0 Å². The molecule has 0 spiro atoms. The number of benzene rings is 1. The molecule has 0 bridgehead atoms. The largest absolute Gasteiger partial charge is 0.384 e. The van der Waals surface area contributed by atoms with Crippen molar-refractivity contribution in [3.05, 3.63) is 89.0 Å². The van der Waals surface area contributed by atoms with E-state index in [0.29, 0.717) is 5.69 Å². The average molecular weight is 496 g/mol. The fourth-order valence-electron chi connectivity index (χ4n) is 3.76. The van der Waals surface area contributed by atoms with Crippen molar-refractivity contribution in [1.29, 1.82) is 0 Å². The minimum absolute atomic E-state index is 0.0515. The van der Waals surface area contributed by atoms with E-state index in [4.69, 9.17) is 5.73 Å². The molecule has 0 aliphatic carbocycles. The minimum atomic E-state index is -0.629. The van der Waals surface area contributed by atoms with E-state index in [1.807, 2.05) is 55.6 Å². The number of carbonyl (C=O) groups excluding carboxylic acids is 1. The molecule has 3 heterocycles. The maximum Gasteiger partial charge on any atom is 0.333 e. The first-order valence-corrected chi connectivity index (χ1v) is 12.5. The fraction of sp³-hybridized carbons (Fsp3) is 0.250. The number of nitrogens with zero attached hydrogens (tertiary/aromatic N) is 3. The molecule has 0 radical (unpaired) electrons. The maximum absolute atomic E-state index is 13.3. The first kappa shape index (κ1) is 23.7. The van der Waals surface area contributed by atoms with Gasteiger partial charge in [-0.25, -0.2) is 9.78 Å². The molecular weight excluding hydrogens is 470 g/mol. The van der Waals surface area contributed by atoms with Crippen LogP contribution in [0.15, 0.2) is 56.7 Å². The lowest BCUT2D eigenvalue weighted by atomic mass is 10.0. The molecule has 3 aromatic heterocycles. The molecule has 0 unspecified atom stereocenters. The van der Waals surface area contributed by atoms with Gasteiger partial charge in [-0.05, 0) is 37.8 Å². The molecule has 4 aromatic rings. The highest BCUT2D eigenvalue weighted by Crippen LogP contribution is 2.26. The van der Waals surface area contributed by atoms with Gasteiger partial charge in [-0.1, -0.05) is 35.9 Å². The zero-order chi connectivity index (χ0) is 24.4. The summed E-state index contributed by atoms with van der Waals surface area (Å²) in [4.78, 5) is 44.8. The van der Waals surface area contributed by atoms with Gasteiger partial charge in [0.25, 0.3) is 5.56 Å². The van der Waals surface area contributed by atoms with Crippen LogP contribution in [-0.2, 0) is 17.9 Å². The van der Waals surface area contributed by atoms with Gasteiger partial charge in [-0.2, -0.15) is 0 Å². The van der Waals surface area contributed by atoms with Gasteiger partial charge in [0.05, 0.1) is 16.7 Å².